The van der Waals surface area contributed by atoms with Crippen LogP contribution in [0.1, 0.15) is 12.0 Å². The molecule has 4 rings (SSSR count). The second-order valence-electron chi connectivity index (χ2n) is 6.75. The number of anilines is 1. The van der Waals surface area contributed by atoms with E-state index < -0.39 is 17.4 Å². The Morgan fingerprint density at radius 3 is 2.52 bits per heavy atom. The highest BCUT2D eigenvalue weighted by Crippen LogP contribution is 2.33. The predicted molar refractivity (Wildman–Crippen MR) is 103 cm³/mol. The SMILES string of the molecule is COc1ccc(N2C(=O)C[C@@]3(C=C(C(=O)OCc4ccccc4)NN3)C2=O)cc1. The largest absolute Gasteiger partial charge is 0.497 e. The highest BCUT2D eigenvalue weighted by molar-refractivity contribution is 6.25. The summed E-state index contributed by atoms with van der Waals surface area (Å²) < 4.78 is 10.4. The Hall–Kier alpha value is -3.65. The van der Waals surface area contributed by atoms with Gasteiger partial charge in [-0.25, -0.2) is 15.1 Å². The number of carbonyl (C=O) groups is 3. The minimum Gasteiger partial charge on any atom is -0.497 e. The van der Waals surface area contributed by atoms with Gasteiger partial charge in [-0.05, 0) is 35.9 Å². The molecule has 2 aromatic carbocycles. The summed E-state index contributed by atoms with van der Waals surface area (Å²) in [6.07, 6.45) is 1.31. The number of methoxy groups -OCH3 is 1. The van der Waals surface area contributed by atoms with Crippen LogP contribution in [0.25, 0.3) is 0 Å². The summed E-state index contributed by atoms with van der Waals surface area (Å²) in [4.78, 5) is 39.0. The van der Waals surface area contributed by atoms with Gasteiger partial charge in [0.1, 0.15) is 23.6 Å². The van der Waals surface area contributed by atoms with Crippen LogP contribution in [0.15, 0.2) is 66.4 Å². The van der Waals surface area contributed by atoms with Gasteiger partial charge in [-0.3, -0.25) is 9.59 Å². The number of esters is 1. The summed E-state index contributed by atoms with van der Waals surface area (Å²) in [6.45, 7) is 0.108. The van der Waals surface area contributed by atoms with Crippen molar-refractivity contribution in [1.82, 2.24) is 10.9 Å². The smallest absolute Gasteiger partial charge is 0.355 e. The first-order valence-electron chi connectivity index (χ1n) is 9.01. The molecular formula is C21H19N3O5. The standard InChI is InChI=1S/C21H19N3O5/c1-28-16-9-7-15(8-10-16)24-18(25)12-21(20(24)27)11-17(22-23-21)19(26)29-13-14-5-3-2-4-6-14/h2-11,22-23H,12-13H2,1H3/t21-/m0/s1. The first kappa shape index (κ1) is 18.7. The van der Waals surface area contributed by atoms with Gasteiger partial charge in [0.15, 0.2) is 0 Å². The summed E-state index contributed by atoms with van der Waals surface area (Å²) in [7, 11) is 1.54. The van der Waals surface area contributed by atoms with E-state index in [9.17, 15) is 14.4 Å². The molecule has 2 aliphatic heterocycles. The van der Waals surface area contributed by atoms with E-state index in [1.54, 1.807) is 24.3 Å². The molecule has 1 fully saturated rings. The Morgan fingerprint density at radius 1 is 1.10 bits per heavy atom. The summed E-state index contributed by atoms with van der Waals surface area (Å²) >= 11 is 0. The van der Waals surface area contributed by atoms with Crippen molar-refractivity contribution >= 4 is 23.5 Å². The fourth-order valence-corrected chi connectivity index (χ4v) is 3.32. The van der Waals surface area contributed by atoms with Crippen molar-refractivity contribution in [2.24, 2.45) is 0 Å². The van der Waals surface area contributed by atoms with Crippen LogP contribution < -0.4 is 20.5 Å². The van der Waals surface area contributed by atoms with Gasteiger partial charge < -0.3 is 14.9 Å². The van der Waals surface area contributed by atoms with Gasteiger partial charge in [0, 0.05) is 0 Å². The van der Waals surface area contributed by atoms with E-state index in [-0.39, 0.29) is 24.6 Å². The molecule has 1 spiro atoms. The Bertz CT molecular complexity index is 987. The van der Waals surface area contributed by atoms with Crippen LogP contribution in [-0.2, 0) is 25.7 Å². The number of carbonyl (C=O) groups excluding carboxylic acids is 3. The molecule has 0 aliphatic carbocycles. The summed E-state index contributed by atoms with van der Waals surface area (Å²) in [5.41, 5.74) is 5.53. The molecule has 0 unspecified atom stereocenters. The maximum Gasteiger partial charge on any atom is 0.355 e. The second kappa shape index (κ2) is 7.40. The van der Waals surface area contributed by atoms with Crippen LogP contribution in [0.3, 0.4) is 0 Å². The molecule has 8 heteroatoms. The minimum absolute atomic E-state index is 0.0960. The molecule has 2 N–H and O–H groups in total. The topological polar surface area (TPSA) is 97.0 Å². The number of rotatable bonds is 5. The zero-order valence-corrected chi connectivity index (χ0v) is 15.7. The molecule has 2 heterocycles. The number of benzene rings is 2. The molecule has 2 aliphatic rings. The van der Waals surface area contributed by atoms with E-state index >= 15 is 0 Å². The lowest BCUT2D eigenvalue weighted by Gasteiger charge is -2.20. The summed E-state index contributed by atoms with van der Waals surface area (Å²) in [5.74, 6) is -0.830. The van der Waals surface area contributed by atoms with Crippen molar-refractivity contribution in [3.63, 3.8) is 0 Å². The van der Waals surface area contributed by atoms with Crippen LogP contribution in [0, 0.1) is 0 Å². The third-order valence-corrected chi connectivity index (χ3v) is 4.84. The molecule has 1 atom stereocenters. The first-order chi connectivity index (χ1) is 14.0. The fourth-order valence-electron chi connectivity index (χ4n) is 3.32. The van der Waals surface area contributed by atoms with Gasteiger partial charge in [-0.15, -0.1) is 0 Å². The number of hydrogen-bond acceptors (Lipinski definition) is 7. The van der Waals surface area contributed by atoms with Crippen molar-refractivity contribution in [2.45, 2.75) is 18.6 Å². The lowest BCUT2D eigenvalue weighted by atomic mass is 9.98. The Kier molecular flexibility index (Phi) is 4.77. The molecule has 148 valence electrons. The minimum atomic E-state index is -1.32. The maximum atomic E-state index is 13.0. The molecule has 29 heavy (non-hydrogen) atoms. The van der Waals surface area contributed by atoms with Crippen LogP contribution in [-0.4, -0.2) is 30.4 Å². The second-order valence-corrected chi connectivity index (χ2v) is 6.75. The predicted octanol–water partition coefficient (Wildman–Crippen LogP) is 1.43. The van der Waals surface area contributed by atoms with Crippen molar-refractivity contribution in [3.8, 4) is 5.75 Å². The van der Waals surface area contributed by atoms with E-state index in [0.29, 0.717) is 11.4 Å². The monoisotopic (exact) mass is 393 g/mol. The van der Waals surface area contributed by atoms with Crippen molar-refractivity contribution in [3.05, 3.63) is 71.9 Å². The molecule has 0 saturated carbocycles. The van der Waals surface area contributed by atoms with E-state index in [2.05, 4.69) is 10.9 Å². The highest BCUT2D eigenvalue weighted by atomic mass is 16.5. The average molecular weight is 393 g/mol. The van der Waals surface area contributed by atoms with Gasteiger partial charge in [0.2, 0.25) is 5.91 Å². The zero-order valence-electron chi connectivity index (χ0n) is 15.7. The molecule has 2 amide bonds. The van der Waals surface area contributed by atoms with Crippen molar-refractivity contribution < 1.29 is 23.9 Å². The van der Waals surface area contributed by atoms with Gasteiger partial charge in [-0.2, -0.15) is 0 Å². The van der Waals surface area contributed by atoms with Crippen LogP contribution in [0.2, 0.25) is 0 Å². The van der Waals surface area contributed by atoms with Crippen LogP contribution in [0.4, 0.5) is 5.69 Å². The molecule has 8 nitrogen and oxygen atoms in total. The number of hydrazine groups is 1. The van der Waals surface area contributed by atoms with E-state index in [1.807, 2.05) is 30.3 Å². The molecule has 0 bridgehead atoms. The number of nitrogens with zero attached hydrogens (tertiary/aromatic N) is 1. The van der Waals surface area contributed by atoms with E-state index in [0.717, 1.165) is 10.5 Å². The van der Waals surface area contributed by atoms with Crippen molar-refractivity contribution in [2.75, 3.05) is 12.0 Å². The van der Waals surface area contributed by atoms with Gasteiger partial charge in [0.05, 0.1) is 19.2 Å². The number of amides is 2. The number of nitrogens with one attached hydrogen (secondary N) is 2. The van der Waals surface area contributed by atoms with Gasteiger partial charge in [0.25, 0.3) is 5.91 Å². The first-order valence-corrected chi connectivity index (χ1v) is 9.01. The third kappa shape index (κ3) is 3.45. The van der Waals surface area contributed by atoms with E-state index in [4.69, 9.17) is 9.47 Å². The number of hydrogen-bond donors (Lipinski definition) is 2. The molecule has 0 radical (unpaired) electrons. The third-order valence-electron chi connectivity index (χ3n) is 4.84. The fraction of sp³-hybridized carbons (Fsp3) is 0.190. The number of imide groups is 1. The molecule has 2 aromatic rings. The Labute approximate surface area is 167 Å². The molecule has 1 saturated heterocycles. The Morgan fingerprint density at radius 2 is 1.83 bits per heavy atom. The zero-order chi connectivity index (χ0) is 20.4. The quantitative estimate of drug-likeness (QED) is 0.586. The highest BCUT2D eigenvalue weighted by Gasteiger charge is 2.54. The van der Waals surface area contributed by atoms with Crippen LogP contribution in [0.5, 0.6) is 5.75 Å². The van der Waals surface area contributed by atoms with Crippen LogP contribution >= 0.6 is 0 Å². The number of ether oxygens (including phenoxy) is 2. The summed E-state index contributed by atoms with van der Waals surface area (Å²) in [6, 6.07) is 15.9. The lowest BCUT2D eigenvalue weighted by Crippen LogP contribution is -2.51. The lowest BCUT2D eigenvalue weighted by molar-refractivity contribution is -0.140. The molecule has 0 aromatic heterocycles. The summed E-state index contributed by atoms with van der Waals surface area (Å²) in [5, 5.41) is 0. The van der Waals surface area contributed by atoms with Gasteiger partial charge >= 0.3 is 5.97 Å². The van der Waals surface area contributed by atoms with Gasteiger partial charge in [-0.1, -0.05) is 30.3 Å². The van der Waals surface area contributed by atoms with E-state index in [1.165, 1.54) is 13.2 Å². The molecular weight excluding hydrogens is 374 g/mol. The normalized spacial score (nSPS) is 20.6. The maximum absolute atomic E-state index is 13.0. The van der Waals surface area contributed by atoms with Crippen molar-refractivity contribution in [1.29, 1.82) is 0 Å². The average Bonchev–Trinajstić information content (AvgIpc) is 3.28. The Balaban J connectivity index is 1.49.